The topological polar surface area (TPSA) is 84.2 Å². The van der Waals surface area contributed by atoms with Crippen LogP contribution in [-0.2, 0) is 13.0 Å². The summed E-state index contributed by atoms with van der Waals surface area (Å²) in [5.41, 5.74) is 1.32. The van der Waals surface area contributed by atoms with Gasteiger partial charge < -0.3 is 20.4 Å². The van der Waals surface area contributed by atoms with E-state index in [9.17, 15) is 24.8 Å². The van der Waals surface area contributed by atoms with Gasteiger partial charge in [0.05, 0.1) is 24.9 Å². The van der Waals surface area contributed by atoms with Gasteiger partial charge in [-0.1, -0.05) is 42.5 Å². The molecule has 0 bridgehead atoms. The number of phenolic OH excluding ortho intramolecular Hbond substituents is 1. The molecule has 0 unspecified atom stereocenters. The van der Waals surface area contributed by atoms with E-state index in [-0.39, 0.29) is 13.2 Å². The fraction of sp³-hybridized carbons (Fsp3) is 0.368. The molecule has 0 radical (unpaired) electrons. The van der Waals surface area contributed by atoms with Crippen molar-refractivity contribution >= 4 is 0 Å². The summed E-state index contributed by atoms with van der Waals surface area (Å²) in [6.07, 6.45) is -1.70. The summed E-state index contributed by atoms with van der Waals surface area (Å²) < 4.78 is 13.6. The monoisotopic (exact) mass is 347 g/mol. The summed E-state index contributed by atoms with van der Waals surface area (Å²) in [5.74, 6) is -1.17. The number of hydrogen-bond donors (Lipinski definition) is 4. The van der Waals surface area contributed by atoms with E-state index in [1.165, 1.54) is 6.07 Å². The normalized spacial score (nSPS) is 26.9. The van der Waals surface area contributed by atoms with Crippen LogP contribution in [0.1, 0.15) is 11.1 Å². The molecule has 4 N–H and O–H groups in total. The van der Waals surface area contributed by atoms with Gasteiger partial charge in [0.2, 0.25) is 0 Å². The molecular formula is C19H22FNO4. The highest BCUT2D eigenvalue weighted by Gasteiger charge is 2.47. The van der Waals surface area contributed by atoms with Gasteiger partial charge in [-0.05, 0) is 18.1 Å². The van der Waals surface area contributed by atoms with Crippen LogP contribution in [0.25, 0.3) is 0 Å². The molecule has 0 aliphatic carbocycles. The Kier molecular flexibility index (Phi) is 5.34. The highest BCUT2D eigenvalue weighted by Crippen LogP contribution is 2.32. The molecule has 0 saturated carbocycles. The maximum Gasteiger partial charge on any atom is 0.165 e. The fourth-order valence-electron chi connectivity index (χ4n) is 3.52. The highest BCUT2D eigenvalue weighted by molar-refractivity contribution is 5.34. The van der Waals surface area contributed by atoms with Crippen LogP contribution in [0.15, 0.2) is 48.5 Å². The van der Waals surface area contributed by atoms with Crippen LogP contribution in [0.2, 0.25) is 0 Å². The van der Waals surface area contributed by atoms with Gasteiger partial charge >= 0.3 is 0 Å². The molecule has 1 aliphatic rings. The maximum atomic E-state index is 13.6. The minimum Gasteiger partial charge on any atom is -0.505 e. The summed E-state index contributed by atoms with van der Waals surface area (Å²) in [6.45, 7) is -0.236. The zero-order chi connectivity index (χ0) is 18.0. The molecule has 0 amide bonds. The molecule has 1 aliphatic heterocycles. The second-order valence-corrected chi connectivity index (χ2v) is 6.41. The van der Waals surface area contributed by atoms with E-state index in [4.69, 9.17) is 0 Å². The molecule has 6 heteroatoms. The number of aliphatic hydroxyl groups is 3. The van der Waals surface area contributed by atoms with E-state index in [1.54, 1.807) is 11.0 Å². The molecule has 25 heavy (non-hydrogen) atoms. The number of hydrogen-bond acceptors (Lipinski definition) is 5. The van der Waals surface area contributed by atoms with Crippen molar-refractivity contribution in [2.75, 3.05) is 6.61 Å². The molecule has 1 fully saturated rings. The van der Waals surface area contributed by atoms with Crippen LogP contribution in [0.5, 0.6) is 5.75 Å². The van der Waals surface area contributed by atoms with Gasteiger partial charge in [-0.15, -0.1) is 0 Å². The van der Waals surface area contributed by atoms with E-state index >= 15 is 0 Å². The van der Waals surface area contributed by atoms with Crippen LogP contribution >= 0.6 is 0 Å². The lowest BCUT2D eigenvalue weighted by molar-refractivity contribution is 0.0178. The first-order valence-corrected chi connectivity index (χ1v) is 8.26. The Morgan fingerprint density at radius 1 is 0.920 bits per heavy atom. The van der Waals surface area contributed by atoms with Crippen LogP contribution in [0.4, 0.5) is 4.39 Å². The number of halogens is 1. The lowest BCUT2D eigenvalue weighted by Crippen LogP contribution is -2.41. The number of aromatic hydroxyl groups is 1. The highest BCUT2D eigenvalue weighted by atomic mass is 19.1. The van der Waals surface area contributed by atoms with Crippen molar-refractivity contribution in [3.63, 3.8) is 0 Å². The van der Waals surface area contributed by atoms with Gasteiger partial charge in [-0.3, -0.25) is 4.90 Å². The van der Waals surface area contributed by atoms with Gasteiger partial charge in [0.1, 0.15) is 0 Å². The maximum absolute atomic E-state index is 13.6. The average molecular weight is 347 g/mol. The molecule has 2 aromatic carbocycles. The Hall–Kier alpha value is -1.99. The average Bonchev–Trinajstić information content (AvgIpc) is 2.84. The van der Waals surface area contributed by atoms with Crippen molar-refractivity contribution in [2.45, 2.75) is 37.3 Å². The number of benzene rings is 2. The van der Waals surface area contributed by atoms with Crippen molar-refractivity contribution < 1.29 is 24.8 Å². The van der Waals surface area contributed by atoms with Gasteiger partial charge in [-0.25, -0.2) is 4.39 Å². The van der Waals surface area contributed by atoms with E-state index < -0.39 is 35.9 Å². The number of phenols is 1. The standard InChI is InChI=1S/C19H22FNO4/c20-14-8-4-7-13(17(14)23)10-21-15(9-12-5-2-1-3-6-12)18(24)19(25)16(21)11-22/h1-8,15-16,18-19,22-25H,9-11H2/t15-,16+,18-,19+/m0/s1. The van der Waals surface area contributed by atoms with Crippen LogP contribution in [-0.4, -0.2) is 56.2 Å². The Balaban J connectivity index is 1.89. The fourth-order valence-corrected chi connectivity index (χ4v) is 3.52. The molecule has 134 valence electrons. The van der Waals surface area contributed by atoms with Gasteiger partial charge in [0, 0.05) is 18.2 Å². The smallest absolute Gasteiger partial charge is 0.165 e. The molecule has 0 spiro atoms. The molecule has 1 heterocycles. The lowest BCUT2D eigenvalue weighted by atomic mass is 10.0. The Morgan fingerprint density at radius 2 is 1.60 bits per heavy atom. The quantitative estimate of drug-likeness (QED) is 0.650. The third kappa shape index (κ3) is 3.52. The Bertz CT molecular complexity index is 712. The molecular weight excluding hydrogens is 325 g/mol. The molecule has 4 atom stereocenters. The summed E-state index contributed by atoms with van der Waals surface area (Å²) in [7, 11) is 0. The summed E-state index contributed by atoms with van der Waals surface area (Å²) >= 11 is 0. The zero-order valence-electron chi connectivity index (χ0n) is 13.7. The van der Waals surface area contributed by atoms with E-state index in [0.717, 1.165) is 11.6 Å². The summed E-state index contributed by atoms with van der Waals surface area (Å²) in [5, 5.41) is 40.3. The van der Waals surface area contributed by atoms with Gasteiger partial charge in [0.15, 0.2) is 11.6 Å². The van der Waals surface area contributed by atoms with Crippen molar-refractivity contribution in [1.29, 1.82) is 0 Å². The van der Waals surface area contributed by atoms with Crippen LogP contribution in [0, 0.1) is 5.82 Å². The summed E-state index contributed by atoms with van der Waals surface area (Å²) in [6, 6.07) is 12.6. The first-order valence-electron chi connectivity index (χ1n) is 8.26. The first-order chi connectivity index (χ1) is 12.0. The van der Waals surface area contributed by atoms with Gasteiger partial charge in [0.25, 0.3) is 0 Å². The number of aliphatic hydroxyl groups excluding tert-OH is 3. The first kappa shape index (κ1) is 17.8. The predicted molar refractivity (Wildman–Crippen MR) is 90.4 cm³/mol. The number of likely N-dealkylation sites (tertiary alicyclic amines) is 1. The summed E-state index contributed by atoms with van der Waals surface area (Å²) in [4.78, 5) is 1.73. The van der Waals surface area contributed by atoms with Crippen LogP contribution < -0.4 is 0 Å². The SMILES string of the molecule is OC[C@@H]1[C@@H](O)[C@@H](O)[C@H](Cc2ccccc2)N1Cc1cccc(F)c1O. The second kappa shape index (κ2) is 7.49. The molecule has 0 aromatic heterocycles. The predicted octanol–water partition coefficient (Wildman–Crippen LogP) is 1.04. The number of para-hydroxylation sites is 1. The molecule has 1 saturated heterocycles. The van der Waals surface area contributed by atoms with E-state index in [1.807, 2.05) is 30.3 Å². The second-order valence-electron chi connectivity index (χ2n) is 6.41. The van der Waals surface area contributed by atoms with Crippen molar-refractivity contribution in [3.05, 3.63) is 65.5 Å². The van der Waals surface area contributed by atoms with Crippen LogP contribution in [0.3, 0.4) is 0 Å². The van der Waals surface area contributed by atoms with Gasteiger partial charge in [-0.2, -0.15) is 0 Å². The minimum atomic E-state index is -1.12. The van der Waals surface area contributed by atoms with Crippen molar-refractivity contribution in [3.8, 4) is 5.75 Å². The van der Waals surface area contributed by atoms with Crippen molar-refractivity contribution in [2.24, 2.45) is 0 Å². The molecule has 3 rings (SSSR count). The Morgan fingerprint density at radius 3 is 2.28 bits per heavy atom. The van der Waals surface area contributed by atoms with E-state index in [2.05, 4.69) is 0 Å². The number of rotatable bonds is 5. The van der Waals surface area contributed by atoms with Crippen molar-refractivity contribution in [1.82, 2.24) is 4.90 Å². The molecule has 5 nitrogen and oxygen atoms in total. The minimum absolute atomic E-state index is 0.112. The Labute approximate surface area is 145 Å². The largest absolute Gasteiger partial charge is 0.505 e. The molecule has 2 aromatic rings. The number of nitrogens with zero attached hydrogens (tertiary/aromatic N) is 1. The third-order valence-electron chi connectivity index (χ3n) is 4.89. The van der Waals surface area contributed by atoms with E-state index in [0.29, 0.717) is 12.0 Å². The third-order valence-corrected chi connectivity index (χ3v) is 4.89. The zero-order valence-corrected chi connectivity index (χ0v) is 13.7. The lowest BCUT2D eigenvalue weighted by Gasteiger charge is -2.30.